The molecular formula is C43H74NO9P. The number of aliphatic carboxylic acids is 1. The van der Waals surface area contributed by atoms with Gasteiger partial charge in [0.2, 0.25) is 0 Å². The van der Waals surface area contributed by atoms with Gasteiger partial charge in [0.25, 0.3) is 0 Å². The normalized spacial score (nSPS) is 14.7. The van der Waals surface area contributed by atoms with E-state index < -0.39 is 45.1 Å². The van der Waals surface area contributed by atoms with Crippen molar-refractivity contribution in [3.8, 4) is 0 Å². The van der Waals surface area contributed by atoms with Crippen LogP contribution in [0.25, 0.3) is 0 Å². The first-order valence-corrected chi connectivity index (χ1v) is 22.0. The lowest BCUT2D eigenvalue weighted by Crippen LogP contribution is -2.34. The Balaban J connectivity index is 4.38. The minimum Gasteiger partial charge on any atom is -0.480 e. The maximum atomic E-state index is 12.6. The molecular weight excluding hydrogens is 705 g/mol. The lowest BCUT2D eigenvalue weighted by atomic mass is 10.1. The molecule has 0 aliphatic rings. The summed E-state index contributed by atoms with van der Waals surface area (Å²) in [6, 6.07) is -1.48. The second-order valence-corrected chi connectivity index (χ2v) is 14.8. The van der Waals surface area contributed by atoms with E-state index in [2.05, 4.69) is 86.8 Å². The number of phosphoric acid groups is 1. The first kappa shape index (κ1) is 51.4. The van der Waals surface area contributed by atoms with Crippen molar-refractivity contribution < 1.29 is 42.7 Å². The third-order valence-corrected chi connectivity index (χ3v) is 9.17. The molecule has 0 radical (unpaired) electrons. The number of unbranched alkanes of at least 4 members (excludes halogenated alkanes) is 12. The Kier molecular flexibility index (Phi) is 36.8. The molecule has 3 atom stereocenters. The molecule has 0 saturated heterocycles. The Morgan fingerprint density at radius 2 is 1.07 bits per heavy atom. The molecule has 3 unspecified atom stereocenters. The van der Waals surface area contributed by atoms with Crippen molar-refractivity contribution in [2.24, 2.45) is 5.73 Å². The average molecular weight is 780 g/mol. The second-order valence-electron chi connectivity index (χ2n) is 13.4. The van der Waals surface area contributed by atoms with Gasteiger partial charge in [-0.25, -0.2) is 4.57 Å². The average Bonchev–Trinajstić information content (AvgIpc) is 3.15. The molecule has 0 rings (SSSR count). The van der Waals surface area contributed by atoms with E-state index >= 15 is 0 Å². The first-order chi connectivity index (χ1) is 26.2. The number of carboxylic acid groups (broad SMARTS) is 1. The van der Waals surface area contributed by atoms with Gasteiger partial charge in [-0.1, -0.05) is 132 Å². The van der Waals surface area contributed by atoms with Crippen LogP contribution in [0.2, 0.25) is 0 Å². The zero-order valence-electron chi connectivity index (χ0n) is 33.5. The van der Waals surface area contributed by atoms with E-state index in [4.69, 9.17) is 29.4 Å². The highest BCUT2D eigenvalue weighted by atomic mass is 31.2. The Morgan fingerprint density at radius 1 is 0.611 bits per heavy atom. The maximum Gasteiger partial charge on any atom is 0.472 e. The van der Waals surface area contributed by atoms with Crippen molar-refractivity contribution in [3.05, 3.63) is 72.9 Å². The summed E-state index contributed by atoms with van der Waals surface area (Å²) < 4.78 is 33.2. The fourth-order valence-electron chi connectivity index (χ4n) is 5.03. The molecule has 0 bridgehead atoms. The number of esters is 1. The number of nitrogens with two attached hydrogens (primary N) is 1. The number of rotatable bonds is 38. The largest absolute Gasteiger partial charge is 0.480 e. The van der Waals surface area contributed by atoms with E-state index in [1.54, 1.807) is 0 Å². The summed E-state index contributed by atoms with van der Waals surface area (Å²) in [6.07, 6.45) is 46.7. The third kappa shape index (κ3) is 37.7. The predicted molar refractivity (Wildman–Crippen MR) is 221 cm³/mol. The van der Waals surface area contributed by atoms with Gasteiger partial charge in [-0.3, -0.25) is 18.6 Å². The molecule has 0 aromatic carbocycles. The lowest BCUT2D eigenvalue weighted by molar-refractivity contribution is -0.154. The van der Waals surface area contributed by atoms with Crippen LogP contribution in [0.1, 0.15) is 149 Å². The van der Waals surface area contributed by atoms with Crippen LogP contribution in [0.3, 0.4) is 0 Å². The van der Waals surface area contributed by atoms with E-state index in [-0.39, 0.29) is 13.0 Å². The number of ether oxygens (including phenoxy) is 2. The van der Waals surface area contributed by atoms with Crippen LogP contribution in [-0.4, -0.2) is 60.5 Å². The van der Waals surface area contributed by atoms with Gasteiger partial charge in [-0.05, 0) is 83.5 Å². The fourth-order valence-corrected chi connectivity index (χ4v) is 5.81. The van der Waals surface area contributed by atoms with Crippen molar-refractivity contribution in [2.75, 3.05) is 26.4 Å². The van der Waals surface area contributed by atoms with Gasteiger partial charge in [-0.2, -0.15) is 0 Å². The highest BCUT2D eigenvalue weighted by Crippen LogP contribution is 2.43. The van der Waals surface area contributed by atoms with Crippen LogP contribution in [0.5, 0.6) is 0 Å². The van der Waals surface area contributed by atoms with E-state index in [0.717, 1.165) is 89.9 Å². The summed E-state index contributed by atoms with van der Waals surface area (Å²) in [5.74, 6) is -1.81. The molecule has 0 heterocycles. The first-order valence-electron chi connectivity index (χ1n) is 20.5. The van der Waals surface area contributed by atoms with Crippen LogP contribution < -0.4 is 5.73 Å². The highest BCUT2D eigenvalue weighted by Gasteiger charge is 2.27. The Hall–Kier alpha value is -2.59. The fraction of sp³-hybridized carbons (Fsp3) is 0.674. The summed E-state index contributed by atoms with van der Waals surface area (Å²) in [7, 11) is -4.63. The van der Waals surface area contributed by atoms with Gasteiger partial charge in [-0.15, -0.1) is 0 Å². The SMILES string of the molecule is CC/C=C\C/C=C\C/C=C\C/C=C\CCCCCOCC(COP(=O)(O)OCC(N)C(=O)O)OC(=O)CCCCCCC/C=C\C/C=C\CCCCCC. The van der Waals surface area contributed by atoms with Crippen molar-refractivity contribution in [1.82, 2.24) is 0 Å². The minimum absolute atomic E-state index is 0.0144. The number of carbonyl (C=O) groups excluding carboxylic acids is 1. The van der Waals surface area contributed by atoms with Crippen molar-refractivity contribution in [2.45, 2.75) is 161 Å². The van der Waals surface area contributed by atoms with Crippen molar-refractivity contribution >= 4 is 19.8 Å². The van der Waals surface area contributed by atoms with Gasteiger partial charge < -0.3 is 25.2 Å². The maximum absolute atomic E-state index is 12.6. The van der Waals surface area contributed by atoms with Crippen LogP contribution in [0, 0.1) is 0 Å². The van der Waals surface area contributed by atoms with Crippen LogP contribution in [-0.2, 0) is 32.7 Å². The molecule has 0 aromatic heterocycles. The quantitative estimate of drug-likeness (QED) is 0.0239. The zero-order chi connectivity index (χ0) is 39.8. The molecule has 0 saturated carbocycles. The number of carboxylic acids is 1. The van der Waals surface area contributed by atoms with Gasteiger partial charge >= 0.3 is 19.8 Å². The summed E-state index contributed by atoms with van der Waals surface area (Å²) in [5.41, 5.74) is 5.34. The number of hydrogen-bond acceptors (Lipinski definition) is 8. The van der Waals surface area contributed by atoms with Gasteiger partial charge in [0.05, 0.1) is 19.8 Å². The Bertz CT molecular complexity index is 1130. The standard InChI is InChI=1S/C43H74NO9P/c1-3-5-7-9-11-13-15-17-19-21-23-25-27-29-31-33-35-42(45)53-40(38-51-54(48,49)52-39-41(44)43(46)47)37-50-36-34-32-30-28-26-24-22-20-18-16-14-12-10-8-6-4-2/h6,8,12-15,18-21,24,26,40-41H,3-5,7,9-11,16-17,22-23,25,27-39,44H2,1-2H3,(H,46,47)(H,48,49)/b8-6-,14-12-,15-13-,20-18-,21-19-,26-24-. The molecule has 4 N–H and O–H groups in total. The third-order valence-electron chi connectivity index (χ3n) is 8.22. The van der Waals surface area contributed by atoms with Gasteiger partial charge in [0.1, 0.15) is 12.1 Å². The van der Waals surface area contributed by atoms with Crippen molar-refractivity contribution in [3.63, 3.8) is 0 Å². The molecule has 0 spiro atoms. The van der Waals surface area contributed by atoms with E-state index in [1.165, 1.54) is 32.1 Å². The highest BCUT2D eigenvalue weighted by molar-refractivity contribution is 7.47. The number of carbonyl (C=O) groups is 2. The van der Waals surface area contributed by atoms with Crippen molar-refractivity contribution in [1.29, 1.82) is 0 Å². The van der Waals surface area contributed by atoms with Crippen LogP contribution in [0.15, 0.2) is 72.9 Å². The summed E-state index contributed by atoms with van der Waals surface area (Å²) in [5, 5.41) is 8.88. The van der Waals surface area contributed by atoms with Crippen LogP contribution >= 0.6 is 7.82 Å². The summed E-state index contributed by atoms with van der Waals surface area (Å²) in [4.78, 5) is 33.5. The van der Waals surface area contributed by atoms with Gasteiger partial charge in [0.15, 0.2) is 0 Å². The lowest BCUT2D eigenvalue weighted by Gasteiger charge is -2.20. The van der Waals surface area contributed by atoms with Crippen LogP contribution in [0.4, 0.5) is 0 Å². The molecule has 0 amide bonds. The second kappa shape index (κ2) is 38.7. The Labute approximate surface area is 327 Å². The molecule has 11 heteroatoms. The minimum atomic E-state index is -4.63. The monoisotopic (exact) mass is 780 g/mol. The van der Waals surface area contributed by atoms with E-state index in [1.807, 2.05) is 0 Å². The molecule has 0 fully saturated rings. The molecule has 0 aliphatic heterocycles. The smallest absolute Gasteiger partial charge is 0.472 e. The zero-order valence-corrected chi connectivity index (χ0v) is 34.4. The molecule has 10 nitrogen and oxygen atoms in total. The number of hydrogen-bond donors (Lipinski definition) is 3. The Morgan fingerprint density at radius 3 is 1.61 bits per heavy atom. The predicted octanol–water partition coefficient (Wildman–Crippen LogP) is 11.0. The number of allylic oxidation sites excluding steroid dienone is 12. The van der Waals surface area contributed by atoms with Gasteiger partial charge in [0, 0.05) is 13.0 Å². The molecule has 310 valence electrons. The van der Waals surface area contributed by atoms with E-state index in [0.29, 0.717) is 13.0 Å². The topological polar surface area (TPSA) is 155 Å². The summed E-state index contributed by atoms with van der Waals surface area (Å²) >= 11 is 0. The van der Waals surface area contributed by atoms with E-state index in [9.17, 15) is 19.0 Å². The number of phosphoric ester groups is 1. The molecule has 0 aromatic rings. The molecule has 0 aliphatic carbocycles. The summed E-state index contributed by atoms with van der Waals surface area (Å²) in [6.45, 7) is 3.63. The molecule has 54 heavy (non-hydrogen) atoms.